The van der Waals surface area contributed by atoms with Gasteiger partial charge in [-0.05, 0) is 50.4 Å². The molecular formula is C20H30ClN3O3. The first-order valence-corrected chi connectivity index (χ1v) is 9.48. The summed E-state index contributed by atoms with van der Waals surface area (Å²) in [6, 6.07) is 7.88. The van der Waals surface area contributed by atoms with Gasteiger partial charge in [-0.2, -0.15) is 0 Å². The van der Waals surface area contributed by atoms with Gasteiger partial charge in [-0.15, -0.1) is 12.4 Å². The summed E-state index contributed by atoms with van der Waals surface area (Å²) in [5.74, 6) is -0.0809. The molecule has 2 heterocycles. The number of benzene rings is 1. The quantitative estimate of drug-likeness (QED) is 0.771. The number of halogens is 1. The minimum Gasteiger partial charge on any atom is -0.384 e. The van der Waals surface area contributed by atoms with Crippen LogP contribution in [-0.4, -0.2) is 51.7 Å². The van der Waals surface area contributed by atoms with E-state index in [1.54, 1.807) is 12.0 Å². The minimum atomic E-state index is -0.107. The molecule has 2 aliphatic rings. The molecule has 7 heteroatoms. The van der Waals surface area contributed by atoms with Gasteiger partial charge in [0.1, 0.15) is 6.54 Å². The SMILES string of the molecule is COCC1(CNC(=O)CN2C(=O)CCCc3ccccc32)CCNCC1.Cl. The van der Waals surface area contributed by atoms with E-state index in [2.05, 4.69) is 10.6 Å². The van der Waals surface area contributed by atoms with Crippen molar-refractivity contribution in [1.29, 1.82) is 0 Å². The van der Waals surface area contributed by atoms with Gasteiger partial charge in [-0.3, -0.25) is 9.59 Å². The molecule has 0 unspecified atom stereocenters. The van der Waals surface area contributed by atoms with Crippen LogP contribution in [0.4, 0.5) is 5.69 Å². The first-order chi connectivity index (χ1) is 12.6. The first-order valence-electron chi connectivity index (χ1n) is 9.48. The lowest BCUT2D eigenvalue weighted by molar-refractivity contribution is -0.124. The molecule has 27 heavy (non-hydrogen) atoms. The number of amides is 2. The lowest BCUT2D eigenvalue weighted by atomic mass is 9.79. The van der Waals surface area contributed by atoms with E-state index in [1.165, 1.54) is 0 Å². The van der Waals surface area contributed by atoms with Crippen LogP contribution < -0.4 is 15.5 Å². The van der Waals surface area contributed by atoms with E-state index >= 15 is 0 Å². The van der Waals surface area contributed by atoms with E-state index in [4.69, 9.17) is 4.74 Å². The standard InChI is InChI=1S/C20H29N3O3.ClH/c1-26-15-20(9-11-21-12-10-20)14-22-18(24)13-23-17-7-3-2-5-16(17)6-4-8-19(23)25;/h2-3,5,7,21H,4,6,8-15H2,1H3,(H,22,24);1H. The van der Waals surface area contributed by atoms with Crippen molar-refractivity contribution >= 4 is 29.9 Å². The first kappa shape index (κ1) is 21.7. The largest absolute Gasteiger partial charge is 0.384 e. The molecule has 1 aromatic rings. The summed E-state index contributed by atoms with van der Waals surface area (Å²) in [5, 5.41) is 6.41. The zero-order valence-electron chi connectivity index (χ0n) is 16.0. The Morgan fingerprint density at radius 1 is 1.26 bits per heavy atom. The Kier molecular flexibility index (Phi) is 8.07. The van der Waals surface area contributed by atoms with E-state index in [-0.39, 0.29) is 36.2 Å². The van der Waals surface area contributed by atoms with E-state index in [0.29, 0.717) is 19.6 Å². The van der Waals surface area contributed by atoms with Gasteiger partial charge in [0.2, 0.25) is 11.8 Å². The fraction of sp³-hybridized carbons (Fsp3) is 0.600. The summed E-state index contributed by atoms with van der Waals surface area (Å²) >= 11 is 0. The smallest absolute Gasteiger partial charge is 0.240 e. The van der Waals surface area contributed by atoms with Gasteiger partial charge in [0.05, 0.1) is 6.61 Å². The Hall–Kier alpha value is -1.63. The van der Waals surface area contributed by atoms with Crippen molar-refractivity contribution in [2.24, 2.45) is 5.41 Å². The van der Waals surface area contributed by atoms with Gasteiger partial charge >= 0.3 is 0 Å². The Morgan fingerprint density at radius 2 is 2.00 bits per heavy atom. The molecule has 1 aromatic carbocycles. The third-order valence-electron chi connectivity index (χ3n) is 5.50. The Labute approximate surface area is 167 Å². The topological polar surface area (TPSA) is 70.7 Å². The number of carbonyl (C=O) groups is 2. The van der Waals surface area contributed by atoms with Crippen molar-refractivity contribution in [1.82, 2.24) is 10.6 Å². The van der Waals surface area contributed by atoms with Crippen LogP contribution in [0.25, 0.3) is 0 Å². The lowest BCUT2D eigenvalue weighted by Crippen LogP contribution is -2.49. The molecule has 0 atom stereocenters. The average Bonchev–Trinajstić information content (AvgIpc) is 2.81. The highest BCUT2D eigenvalue weighted by atomic mass is 35.5. The maximum Gasteiger partial charge on any atom is 0.240 e. The van der Waals surface area contributed by atoms with Crippen LogP contribution >= 0.6 is 12.4 Å². The number of piperidine rings is 1. The molecule has 0 saturated carbocycles. The van der Waals surface area contributed by atoms with Crippen LogP contribution in [0.3, 0.4) is 0 Å². The van der Waals surface area contributed by atoms with Crippen LogP contribution in [0.15, 0.2) is 24.3 Å². The Balaban J connectivity index is 0.00000261. The predicted molar refractivity (Wildman–Crippen MR) is 108 cm³/mol. The van der Waals surface area contributed by atoms with E-state index in [1.807, 2.05) is 24.3 Å². The zero-order chi connectivity index (χ0) is 18.4. The van der Waals surface area contributed by atoms with Gasteiger partial charge in [0.15, 0.2) is 0 Å². The van der Waals surface area contributed by atoms with Crippen molar-refractivity contribution < 1.29 is 14.3 Å². The molecule has 1 saturated heterocycles. The second-order valence-electron chi connectivity index (χ2n) is 7.42. The average molecular weight is 396 g/mol. The number of nitrogens with zero attached hydrogens (tertiary/aromatic N) is 1. The molecule has 0 aromatic heterocycles. The van der Waals surface area contributed by atoms with Crippen molar-refractivity contribution in [3.8, 4) is 0 Å². The summed E-state index contributed by atoms with van der Waals surface area (Å²) < 4.78 is 5.40. The van der Waals surface area contributed by atoms with Crippen molar-refractivity contribution in [3.63, 3.8) is 0 Å². The predicted octanol–water partition coefficient (Wildman–Crippen LogP) is 1.91. The third kappa shape index (κ3) is 5.43. The third-order valence-corrected chi connectivity index (χ3v) is 5.50. The van der Waals surface area contributed by atoms with Crippen LogP contribution in [0, 0.1) is 5.41 Å². The van der Waals surface area contributed by atoms with Gasteiger partial charge in [-0.25, -0.2) is 0 Å². The highest BCUT2D eigenvalue weighted by Gasteiger charge is 2.33. The molecule has 1 fully saturated rings. The molecule has 0 aliphatic carbocycles. The maximum atomic E-state index is 12.6. The van der Waals surface area contributed by atoms with Crippen molar-refractivity contribution in [2.75, 3.05) is 44.8 Å². The van der Waals surface area contributed by atoms with Gasteiger partial charge in [-0.1, -0.05) is 18.2 Å². The summed E-state index contributed by atoms with van der Waals surface area (Å²) in [5.41, 5.74) is 2.00. The number of methoxy groups -OCH3 is 1. The molecular weight excluding hydrogens is 366 g/mol. The molecule has 0 bridgehead atoms. The summed E-state index contributed by atoms with van der Waals surface area (Å²) in [4.78, 5) is 26.8. The molecule has 150 valence electrons. The number of ether oxygens (including phenoxy) is 1. The van der Waals surface area contributed by atoms with E-state index in [9.17, 15) is 9.59 Å². The van der Waals surface area contributed by atoms with Crippen LogP contribution in [0.1, 0.15) is 31.2 Å². The molecule has 2 N–H and O–H groups in total. The van der Waals surface area contributed by atoms with Crippen LogP contribution in [0.5, 0.6) is 0 Å². The molecule has 0 spiro atoms. The summed E-state index contributed by atoms with van der Waals surface area (Å²) in [6.45, 7) is 3.19. The number of hydrogen-bond donors (Lipinski definition) is 2. The second-order valence-corrected chi connectivity index (χ2v) is 7.42. The number of fused-ring (bicyclic) bond motifs is 1. The number of rotatable bonds is 6. The van der Waals surface area contributed by atoms with Crippen molar-refractivity contribution in [2.45, 2.75) is 32.1 Å². The van der Waals surface area contributed by atoms with Crippen LogP contribution in [0.2, 0.25) is 0 Å². The molecule has 0 radical (unpaired) electrons. The number of para-hydroxylation sites is 1. The summed E-state index contributed by atoms with van der Waals surface area (Å²) in [6.07, 6.45) is 4.16. The number of nitrogens with one attached hydrogen (secondary N) is 2. The minimum absolute atomic E-state index is 0. The fourth-order valence-corrected chi connectivity index (χ4v) is 3.98. The Morgan fingerprint density at radius 3 is 2.74 bits per heavy atom. The normalized spacial score (nSPS) is 18.9. The number of carbonyl (C=O) groups excluding carboxylic acids is 2. The van der Waals surface area contributed by atoms with Gasteiger partial charge < -0.3 is 20.3 Å². The molecule has 2 amide bonds. The molecule has 2 aliphatic heterocycles. The van der Waals surface area contributed by atoms with E-state index in [0.717, 1.165) is 50.0 Å². The molecule has 3 rings (SSSR count). The number of anilines is 1. The van der Waals surface area contributed by atoms with Gasteiger partial charge in [0.25, 0.3) is 0 Å². The highest BCUT2D eigenvalue weighted by Crippen LogP contribution is 2.29. The lowest BCUT2D eigenvalue weighted by Gasteiger charge is -2.37. The maximum absolute atomic E-state index is 12.6. The van der Waals surface area contributed by atoms with Gasteiger partial charge in [0, 0.05) is 31.2 Å². The zero-order valence-corrected chi connectivity index (χ0v) is 16.8. The Bertz CT molecular complexity index is 642. The highest BCUT2D eigenvalue weighted by molar-refractivity contribution is 5.99. The fourth-order valence-electron chi connectivity index (χ4n) is 3.98. The monoisotopic (exact) mass is 395 g/mol. The summed E-state index contributed by atoms with van der Waals surface area (Å²) in [7, 11) is 1.71. The molecule has 6 nitrogen and oxygen atoms in total. The second kappa shape index (κ2) is 10.1. The van der Waals surface area contributed by atoms with E-state index < -0.39 is 0 Å². The number of hydrogen-bond acceptors (Lipinski definition) is 4. The number of aryl methyl sites for hydroxylation is 1. The van der Waals surface area contributed by atoms with Crippen molar-refractivity contribution in [3.05, 3.63) is 29.8 Å². The van der Waals surface area contributed by atoms with Crippen LogP contribution in [-0.2, 0) is 20.7 Å².